The van der Waals surface area contributed by atoms with Gasteiger partial charge in [-0.25, -0.2) is 19.7 Å². The van der Waals surface area contributed by atoms with Crippen LogP contribution in [-0.2, 0) is 11.3 Å². The van der Waals surface area contributed by atoms with Gasteiger partial charge in [0.15, 0.2) is 22.1 Å². The third-order valence-corrected chi connectivity index (χ3v) is 6.56. The van der Waals surface area contributed by atoms with Crippen LogP contribution in [0.4, 0.5) is 5.13 Å². The number of pyridine rings is 2. The molecule has 9 nitrogen and oxygen atoms in total. The van der Waals surface area contributed by atoms with Crippen LogP contribution in [0.15, 0.2) is 47.4 Å². The summed E-state index contributed by atoms with van der Waals surface area (Å²) in [5.74, 6) is -0.830. The van der Waals surface area contributed by atoms with E-state index in [1.165, 1.54) is 22.7 Å². The number of carbonyl (C=O) groups excluding carboxylic acids is 2. The third kappa shape index (κ3) is 4.60. The van der Waals surface area contributed by atoms with E-state index in [-0.39, 0.29) is 18.1 Å². The van der Waals surface area contributed by atoms with Crippen molar-refractivity contribution in [3.63, 3.8) is 0 Å². The molecule has 0 unspecified atom stereocenters. The summed E-state index contributed by atoms with van der Waals surface area (Å²) in [5, 5.41) is 7.18. The maximum absolute atomic E-state index is 13.2. The van der Waals surface area contributed by atoms with Crippen molar-refractivity contribution in [1.82, 2.24) is 24.7 Å². The van der Waals surface area contributed by atoms with E-state index >= 15 is 0 Å². The van der Waals surface area contributed by atoms with E-state index in [0.29, 0.717) is 27.7 Å². The highest BCUT2D eigenvalue weighted by Crippen LogP contribution is 2.29. The van der Waals surface area contributed by atoms with Gasteiger partial charge in [0.05, 0.1) is 10.3 Å². The number of thiazole rings is 1. The topological polar surface area (TPSA) is 124 Å². The second-order valence-electron chi connectivity index (χ2n) is 8.84. The lowest BCUT2D eigenvalue weighted by Gasteiger charge is -2.19. The zero-order valence-corrected chi connectivity index (χ0v) is 20.9. The molecule has 1 amide bonds. The van der Waals surface area contributed by atoms with Gasteiger partial charge in [-0.1, -0.05) is 11.3 Å². The van der Waals surface area contributed by atoms with E-state index in [4.69, 9.17) is 15.5 Å². The molecule has 0 aliphatic heterocycles. The molecule has 3 N–H and O–H groups in total. The van der Waals surface area contributed by atoms with Gasteiger partial charge in [0.2, 0.25) is 0 Å². The summed E-state index contributed by atoms with van der Waals surface area (Å²) in [7, 11) is 0. The predicted octanol–water partition coefficient (Wildman–Crippen LogP) is 4.54. The molecule has 5 rings (SSSR count). The lowest BCUT2D eigenvalue weighted by molar-refractivity contribution is 0.00625. The Morgan fingerprint density at radius 3 is 2.80 bits per heavy atom. The van der Waals surface area contributed by atoms with Crippen LogP contribution in [0.5, 0.6) is 0 Å². The maximum atomic E-state index is 13.2. The van der Waals surface area contributed by atoms with Gasteiger partial charge in [0, 0.05) is 29.9 Å². The number of aromatic nitrogens is 4. The van der Waals surface area contributed by atoms with Crippen molar-refractivity contribution in [3.05, 3.63) is 64.2 Å². The Balaban J connectivity index is 1.49. The van der Waals surface area contributed by atoms with Crippen molar-refractivity contribution in [2.45, 2.75) is 32.9 Å². The van der Waals surface area contributed by atoms with E-state index in [0.717, 1.165) is 15.8 Å². The molecule has 0 saturated heterocycles. The highest BCUT2D eigenvalue weighted by Gasteiger charge is 2.28. The fourth-order valence-electron chi connectivity index (χ4n) is 3.62. The van der Waals surface area contributed by atoms with E-state index in [9.17, 15) is 9.59 Å². The standard InChI is InChI=1S/C24H22N6O3S2/c1-24(2,3)33-22(32)18-17(14-6-8-34-12-14)28-20-15(5-4-7-30(18)20)21(31)27-11-13-9-16-19(26-10-13)29-23(25)35-16/h4-10,12H,11H2,1-3H3,(H,27,31)(H2,25,26,29). The Hall–Kier alpha value is -3.83. The summed E-state index contributed by atoms with van der Waals surface area (Å²) < 4.78 is 8.12. The van der Waals surface area contributed by atoms with E-state index in [1.807, 2.05) is 43.7 Å². The van der Waals surface area contributed by atoms with E-state index in [1.54, 1.807) is 28.9 Å². The molecule has 35 heavy (non-hydrogen) atoms. The Labute approximate surface area is 208 Å². The highest BCUT2D eigenvalue weighted by molar-refractivity contribution is 7.22. The molecule has 5 heterocycles. The van der Waals surface area contributed by atoms with Crippen molar-refractivity contribution < 1.29 is 14.3 Å². The van der Waals surface area contributed by atoms with Crippen LogP contribution >= 0.6 is 22.7 Å². The van der Waals surface area contributed by atoms with Crippen LogP contribution in [-0.4, -0.2) is 36.8 Å². The van der Waals surface area contributed by atoms with Crippen LogP contribution in [0.3, 0.4) is 0 Å². The number of anilines is 1. The van der Waals surface area contributed by atoms with Crippen molar-refractivity contribution >= 4 is 55.7 Å². The summed E-state index contributed by atoms with van der Waals surface area (Å²) >= 11 is 2.84. The Bertz CT molecular complexity index is 1560. The molecule has 0 aliphatic carbocycles. The Morgan fingerprint density at radius 1 is 1.23 bits per heavy atom. The quantitative estimate of drug-likeness (QED) is 0.335. The smallest absolute Gasteiger partial charge is 0.358 e. The summed E-state index contributed by atoms with van der Waals surface area (Å²) in [5.41, 5.74) is 8.72. The Morgan fingerprint density at radius 2 is 2.06 bits per heavy atom. The molecule has 0 spiro atoms. The highest BCUT2D eigenvalue weighted by atomic mass is 32.1. The first kappa shape index (κ1) is 22.9. The average Bonchev–Trinajstić information content (AvgIpc) is 3.52. The van der Waals surface area contributed by atoms with Gasteiger partial charge >= 0.3 is 5.97 Å². The molecule has 178 valence electrons. The number of amides is 1. The predicted molar refractivity (Wildman–Crippen MR) is 137 cm³/mol. The van der Waals surface area contributed by atoms with Gasteiger partial charge in [-0.05, 0) is 56.0 Å². The lowest BCUT2D eigenvalue weighted by Crippen LogP contribution is -2.25. The molecule has 0 bridgehead atoms. The van der Waals surface area contributed by atoms with Gasteiger partial charge in [-0.3, -0.25) is 9.20 Å². The third-order valence-electron chi connectivity index (χ3n) is 5.05. The summed E-state index contributed by atoms with van der Waals surface area (Å²) in [6, 6.07) is 7.18. The van der Waals surface area contributed by atoms with Crippen molar-refractivity contribution in [1.29, 1.82) is 0 Å². The normalized spacial score (nSPS) is 11.7. The number of esters is 1. The number of thiophene rings is 1. The molecule has 5 aromatic rings. The van der Waals surface area contributed by atoms with E-state index < -0.39 is 11.6 Å². The average molecular weight is 507 g/mol. The number of nitrogen functional groups attached to an aromatic ring is 1. The van der Waals surface area contributed by atoms with Crippen molar-refractivity contribution in [2.75, 3.05) is 5.73 Å². The zero-order valence-electron chi connectivity index (χ0n) is 19.2. The monoisotopic (exact) mass is 506 g/mol. The molecule has 0 fully saturated rings. The van der Waals surface area contributed by atoms with E-state index in [2.05, 4.69) is 15.3 Å². The minimum Gasteiger partial charge on any atom is -0.455 e. The number of carbonyl (C=O) groups is 2. The molecule has 5 aromatic heterocycles. The molecule has 0 aliphatic rings. The lowest BCUT2D eigenvalue weighted by atomic mass is 10.1. The SMILES string of the molecule is CC(C)(C)OC(=O)c1c(-c2ccsc2)nc2c(C(=O)NCc3cnc4nc(N)sc4c3)cccn12. The first-order valence-electron chi connectivity index (χ1n) is 10.8. The number of nitrogens with zero attached hydrogens (tertiary/aromatic N) is 4. The number of imidazole rings is 1. The summed E-state index contributed by atoms with van der Waals surface area (Å²) in [4.78, 5) is 39.5. The molecular formula is C24H22N6O3S2. The van der Waals surface area contributed by atoms with Crippen molar-refractivity contribution in [3.8, 4) is 11.3 Å². The first-order valence-corrected chi connectivity index (χ1v) is 12.5. The Kier molecular flexibility index (Phi) is 5.73. The number of ether oxygens (including phenoxy) is 1. The number of hydrogen-bond acceptors (Lipinski definition) is 9. The second kappa shape index (κ2) is 8.75. The number of fused-ring (bicyclic) bond motifs is 2. The second-order valence-corrected chi connectivity index (χ2v) is 10.7. The van der Waals surface area contributed by atoms with Crippen LogP contribution in [0.2, 0.25) is 0 Å². The molecular weight excluding hydrogens is 484 g/mol. The van der Waals surface area contributed by atoms with Crippen molar-refractivity contribution in [2.24, 2.45) is 0 Å². The summed E-state index contributed by atoms with van der Waals surface area (Å²) in [6.45, 7) is 5.69. The minimum atomic E-state index is -0.681. The molecule has 11 heteroatoms. The first-order chi connectivity index (χ1) is 16.7. The van der Waals surface area contributed by atoms with Crippen LogP contribution in [0, 0.1) is 0 Å². The van der Waals surface area contributed by atoms with Crippen LogP contribution in [0.1, 0.15) is 47.2 Å². The number of hydrogen-bond donors (Lipinski definition) is 2. The molecule has 0 saturated carbocycles. The van der Waals surface area contributed by atoms with Gasteiger partial charge in [0.25, 0.3) is 5.91 Å². The zero-order chi connectivity index (χ0) is 24.7. The molecule has 0 atom stereocenters. The van der Waals surface area contributed by atoms with Gasteiger partial charge < -0.3 is 15.8 Å². The van der Waals surface area contributed by atoms with Crippen LogP contribution < -0.4 is 11.1 Å². The van der Waals surface area contributed by atoms with Gasteiger partial charge in [-0.2, -0.15) is 11.3 Å². The maximum Gasteiger partial charge on any atom is 0.358 e. The summed E-state index contributed by atoms with van der Waals surface area (Å²) in [6.07, 6.45) is 3.37. The van der Waals surface area contributed by atoms with Gasteiger partial charge in [0.1, 0.15) is 11.3 Å². The fraction of sp³-hybridized carbons (Fsp3) is 0.208. The van der Waals surface area contributed by atoms with Crippen LogP contribution in [0.25, 0.3) is 27.3 Å². The fourth-order valence-corrected chi connectivity index (χ4v) is 5.02. The number of nitrogens with one attached hydrogen (secondary N) is 1. The number of rotatable bonds is 5. The molecule has 0 radical (unpaired) electrons. The number of nitrogens with two attached hydrogens (primary N) is 1. The minimum absolute atomic E-state index is 0.262. The van der Waals surface area contributed by atoms with Gasteiger partial charge in [-0.15, -0.1) is 0 Å². The largest absolute Gasteiger partial charge is 0.455 e. The molecule has 0 aromatic carbocycles.